The number of ketones is 1. The average molecular weight is 376 g/mol. The molecule has 1 N–H and O–H groups in total. The second kappa shape index (κ2) is 9.27. The molecule has 0 fully saturated rings. The Hall–Kier alpha value is -3.01. The molecule has 0 unspecified atom stereocenters. The van der Waals surface area contributed by atoms with Crippen LogP contribution in [0, 0.1) is 5.82 Å². The fourth-order valence-corrected chi connectivity index (χ4v) is 3.09. The summed E-state index contributed by atoms with van der Waals surface area (Å²) in [6.45, 7) is 4.94. The summed E-state index contributed by atoms with van der Waals surface area (Å²) in [5.41, 5.74) is 4.13. The molecule has 1 heterocycles. The van der Waals surface area contributed by atoms with Crippen LogP contribution in [0.3, 0.4) is 0 Å². The Balaban J connectivity index is 1.98. The highest BCUT2D eigenvalue weighted by molar-refractivity contribution is 6.12. The minimum absolute atomic E-state index is 0.171. The van der Waals surface area contributed by atoms with Gasteiger partial charge in [-0.05, 0) is 54.3 Å². The van der Waals surface area contributed by atoms with Gasteiger partial charge in [-0.2, -0.15) is 0 Å². The number of pyridine rings is 1. The van der Waals surface area contributed by atoms with Crippen molar-refractivity contribution in [2.45, 2.75) is 33.1 Å². The molecule has 3 rings (SSSR count). The van der Waals surface area contributed by atoms with E-state index in [-0.39, 0.29) is 11.6 Å². The maximum absolute atomic E-state index is 13.2. The predicted molar refractivity (Wildman–Crippen MR) is 112 cm³/mol. The highest BCUT2D eigenvalue weighted by Crippen LogP contribution is 2.26. The zero-order valence-electron chi connectivity index (χ0n) is 16.3. The third kappa shape index (κ3) is 4.63. The van der Waals surface area contributed by atoms with Crippen molar-refractivity contribution >= 4 is 11.6 Å². The summed E-state index contributed by atoms with van der Waals surface area (Å²) in [7, 11) is 0. The number of hydrogen-bond acceptors (Lipinski definition) is 3. The predicted octanol–water partition coefficient (Wildman–Crippen LogP) is 5.89. The molecule has 2 aromatic carbocycles. The lowest BCUT2D eigenvalue weighted by atomic mass is 9.98. The van der Waals surface area contributed by atoms with Gasteiger partial charge in [-0.25, -0.2) is 9.37 Å². The summed E-state index contributed by atoms with van der Waals surface area (Å²) in [6.07, 6.45) is 4.86. The van der Waals surface area contributed by atoms with E-state index in [1.54, 1.807) is 6.20 Å². The van der Waals surface area contributed by atoms with E-state index in [1.807, 2.05) is 6.07 Å². The SMILES string of the molecule is CCCNc1ncc(-c2ccc(CCC)cc2)cc1C(=O)c1ccc(F)cc1. The number of halogens is 1. The fourth-order valence-electron chi connectivity index (χ4n) is 3.09. The Bertz CT molecular complexity index is 934. The highest BCUT2D eigenvalue weighted by atomic mass is 19.1. The summed E-state index contributed by atoms with van der Waals surface area (Å²) in [4.78, 5) is 17.6. The quantitative estimate of drug-likeness (QED) is 0.498. The van der Waals surface area contributed by atoms with Crippen LogP contribution in [0.1, 0.15) is 48.2 Å². The van der Waals surface area contributed by atoms with Gasteiger partial charge in [0.2, 0.25) is 0 Å². The molecule has 0 aliphatic carbocycles. The van der Waals surface area contributed by atoms with Crippen LogP contribution in [-0.2, 0) is 6.42 Å². The standard InChI is InChI=1S/C24H25FN2O/c1-3-5-17-6-8-18(9-7-17)20-15-22(24(27-16-20)26-14-4-2)23(28)19-10-12-21(25)13-11-19/h6-13,15-16H,3-5,14H2,1-2H3,(H,26,27). The van der Waals surface area contributed by atoms with Crippen LogP contribution in [-0.4, -0.2) is 17.3 Å². The molecule has 1 aromatic heterocycles. The molecule has 3 aromatic rings. The van der Waals surface area contributed by atoms with E-state index >= 15 is 0 Å². The number of rotatable bonds is 8. The van der Waals surface area contributed by atoms with Crippen molar-refractivity contribution in [2.24, 2.45) is 0 Å². The lowest BCUT2D eigenvalue weighted by Gasteiger charge is -2.12. The summed E-state index contributed by atoms with van der Waals surface area (Å²) in [5.74, 6) is 0.0259. The van der Waals surface area contributed by atoms with Crippen LogP contribution >= 0.6 is 0 Å². The third-order valence-electron chi connectivity index (χ3n) is 4.61. The number of aromatic nitrogens is 1. The second-order valence-electron chi connectivity index (χ2n) is 6.83. The monoisotopic (exact) mass is 376 g/mol. The van der Waals surface area contributed by atoms with Gasteiger partial charge < -0.3 is 5.32 Å². The topological polar surface area (TPSA) is 42.0 Å². The van der Waals surface area contributed by atoms with Gasteiger partial charge >= 0.3 is 0 Å². The van der Waals surface area contributed by atoms with Gasteiger partial charge in [0.1, 0.15) is 11.6 Å². The average Bonchev–Trinajstić information content (AvgIpc) is 2.73. The van der Waals surface area contributed by atoms with Gasteiger partial charge in [0.25, 0.3) is 0 Å². The molecule has 0 radical (unpaired) electrons. The smallest absolute Gasteiger partial charge is 0.196 e. The van der Waals surface area contributed by atoms with Crippen molar-refractivity contribution in [2.75, 3.05) is 11.9 Å². The summed E-state index contributed by atoms with van der Waals surface area (Å²) >= 11 is 0. The van der Waals surface area contributed by atoms with Crippen LogP contribution in [0.2, 0.25) is 0 Å². The summed E-state index contributed by atoms with van der Waals surface area (Å²) < 4.78 is 13.2. The van der Waals surface area contributed by atoms with Crippen molar-refractivity contribution in [3.8, 4) is 11.1 Å². The Kier molecular flexibility index (Phi) is 6.53. The molecule has 0 saturated heterocycles. The summed E-state index contributed by atoms with van der Waals surface area (Å²) in [5, 5.41) is 3.22. The van der Waals surface area contributed by atoms with Gasteiger partial charge in [-0.1, -0.05) is 44.5 Å². The van der Waals surface area contributed by atoms with E-state index in [1.165, 1.54) is 29.8 Å². The molecule has 0 spiro atoms. The first-order chi connectivity index (χ1) is 13.6. The van der Waals surface area contributed by atoms with Crippen LogP contribution in [0.15, 0.2) is 60.8 Å². The van der Waals surface area contributed by atoms with Crippen molar-refractivity contribution in [3.05, 3.63) is 83.3 Å². The number of carbonyl (C=O) groups is 1. The highest BCUT2D eigenvalue weighted by Gasteiger charge is 2.16. The molecular weight excluding hydrogens is 351 g/mol. The Morgan fingerprint density at radius 3 is 2.32 bits per heavy atom. The van der Waals surface area contributed by atoms with Crippen LogP contribution in [0.4, 0.5) is 10.2 Å². The maximum Gasteiger partial charge on any atom is 0.196 e. The first kappa shape index (κ1) is 19.7. The molecule has 0 aliphatic heterocycles. The van der Waals surface area contributed by atoms with Crippen LogP contribution in [0.25, 0.3) is 11.1 Å². The maximum atomic E-state index is 13.2. The fraction of sp³-hybridized carbons (Fsp3) is 0.250. The number of hydrogen-bond donors (Lipinski definition) is 1. The second-order valence-corrected chi connectivity index (χ2v) is 6.83. The van der Waals surface area contributed by atoms with E-state index in [0.717, 1.165) is 36.9 Å². The van der Waals surface area contributed by atoms with Crippen molar-refractivity contribution < 1.29 is 9.18 Å². The molecule has 28 heavy (non-hydrogen) atoms. The molecule has 0 aliphatic rings. The van der Waals surface area contributed by atoms with E-state index < -0.39 is 0 Å². The number of nitrogens with zero attached hydrogens (tertiary/aromatic N) is 1. The number of aryl methyl sites for hydroxylation is 1. The molecule has 144 valence electrons. The van der Waals surface area contributed by atoms with Gasteiger partial charge in [0, 0.05) is 23.9 Å². The number of anilines is 1. The number of nitrogens with one attached hydrogen (secondary N) is 1. The van der Waals surface area contributed by atoms with Crippen LogP contribution < -0.4 is 5.32 Å². The Morgan fingerprint density at radius 1 is 0.964 bits per heavy atom. The van der Waals surface area contributed by atoms with Gasteiger partial charge in [0.05, 0.1) is 5.56 Å². The third-order valence-corrected chi connectivity index (χ3v) is 4.61. The van der Waals surface area contributed by atoms with Crippen molar-refractivity contribution in [3.63, 3.8) is 0 Å². The molecule has 0 amide bonds. The molecule has 0 atom stereocenters. The lowest BCUT2D eigenvalue weighted by molar-refractivity contribution is 0.103. The van der Waals surface area contributed by atoms with Gasteiger partial charge in [-0.15, -0.1) is 0 Å². The summed E-state index contributed by atoms with van der Waals surface area (Å²) in [6, 6.07) is 15.8. The largest absolute Gasteiger partial charge is 0.369 e. The Labute approximate surface area is 165 Å². The zero-order valence-corrected chi connectivity index (χ0v) is 16.3. The van der Waals surface area contributed by atoms with Crippen molar-refractivity contribution in [1.29, 1.82) is 0 Å². The van der Waals surface area contributed by atoms with Crippen molar-refractivity contribution in [1.82, 2.24) is 4.98 Å². The number of carbonyl (C=O) groups excluding carboxylic acids is 1. The minimum Gasteiger partial charge on any atom is -0.369 e. The molecule has 3 nitrogen and oxygen atoms in total. The zero-order chi connectivity index (χ0) is 19.9. The van der Waals surface area contributed by atoms with E-state index in [9.17, 15) is 9.18 Å². The molecular formula is C24H25FN2O. The minimum atomic E-state index is -0.361. The number of benzene rings is 2. The Morgan fingerprint density at radius 2 is 1.68 bits per heavy atom. The van der Waals surface area contributed by atoms with E-state index in [2.05, 4.69) is 48.4 Å². The normalized spacial score (nSPS) is 10.7. The first-order valence-corrected chi connectivity index (χ1v) is 9.75. The van der Waals surface area contributed by atoms with E-state index in [4.69, 9.17) is 0 Å². The van der Waals surface area contributed by atoms with E-state index in [0.29, 0.717) is 16.9 Å². The molecule has 0 bridgehead atoms. The van der Waals surface area contributed by atoms with Gasteiger partial charge in [-0.3, -0.25) is 4.79 Å². The first-order valence-electron chi connectivity index (χ1n) is 9.75. The lowest BCUT2D eigenvalue weighted by Crippen LogP contribution is -2.11. The molecule has 4 heteroatoms. The molecule has 0 saturated carbocycles. The van der Waals surface area contributed by atoms with Crippen LogP contribution in [0.5, 0.6) is 0 Å². The van der Waals surface area contributed by atoms with Gasteiger partial charge in [0.15, 0.2) is 5.78 Å².